The van der Waals surface area contributed by atoms with E-state index in [-0.39, 0.29) is 11.3 Å². The predicted octanol–water partition coefficient (Wildman–Crippen LogP) is 4.66. The van der Waals surface area contributed by atoms with Gasteiger partial charge in [0.2, 0.25) is 0 Å². The smallest absolute Gasteiger partial charge is 0.141 e. The van der Waals surface area contributed by atoms with Crippen LogP contribution in [0, 0.1) is 22.7 Å². The lowest BCUT2D eigenvalue weighted by molar-refractivity contribution is -0.128. The first-order chi connectivity index (χ1) is 9.86. The van der Waals surface area contributed by atoms with Gasteiger partial charge in [-0.1, -0.05) is 33.3 Å². The van der Waals surface area contributed by atoms with Crippen molar-refractivity contribution in [3.05, 3.63) is 23.5 Å². The number of ether oxygens (including phenoxy) is 1. The minimum Gasteiger partial charge on any atom is -0.500 e. The maximum Gasteiger partial charge on any atom is 0.141 e. The van der Waals surface area contributed by atoms with Crippen molar-refractivity contribution in [2.24, 2.45) is 22.7 Å². The van der Waals surface area contributed by atoms with Gasteiger partial charge in [-0.15, -0.1) is 0 Å². The van der Waals surface area contributed by atoms with Crippen molar-refractivity contribution in [3.63, 3.8) is 0 Å². The number of hydrogen-bond donors (Lipinski definition) is 0. The van der Waals surface area contributed by atoms with Crippen molar-refractivity contribution in [1.29, 1.82) is 0 Å². The lowest BCUT2D eigenvalue weighted by Gasteiger charge is -2.49. The number of fused-ring (bicyclic) bond motifs is 1. The molecule has 0 radical (unpaired) electrons. The number of rotatable bonds is 1. The van der Waals surface area contributed by atoms with Crippen molar-refractivity contribution in [2.75, 3.05) is 6.61 Å². The first-order valence-electron chi connectivity index (χ1n) is 8.37. The van der Waals surface area contributed by atoms with Gasteiger partial charge >= 0.3 is 0 Å². The van der Waals surface area contributed by atoms with E-state index in [1.54, 1.807) is 0 Å². The third kappa shape index (κ3) is 2.47. The van der Waals surface area contributed by atoms with Crippen LogP contribution in [0.25, 0.3) is 0 Å². The summed E-state index contributed by atoms with van der Waals surface area (Å²) in [4.78, 5) is 12.9. The zero-order valence-electron chi connectivity index (χ0n) is 13.9. The SMILES string of the molecule is C/C=C1\C2=COC[C@@H]2CC(=O)[C@@H]1[C@@]1(C)CCCC(C)(C)C1. The summed E-state index contributed by atoms with van der Waals surface area (Å²) < 4.78 is 5.53. The molecule has 0 aromatic carbocycles. The lowest BCUT2D eigenvalue weighted by atomic mass is 9.54. The van der Waals surface area contributed by atoms with Gasteiger partial charge in [-0.3, -0.25) is 4.79 Å². The number of carbonyl (C=O) groups is 1. The molecule has 21 heavy (non-hydrogen) atoms. The average Bonchev–Trinajstić information content (AvgIpc) is 2.82. The average molecular weight is 288 g/mol. The Morgan fingerprint density at radius 1 is 1.29 bits per heavy atom. The molecule has 2 saturated carbocycles. The van der Waals surface area contributed by atoms with Crippen molar-refractivity contribution >= 4 is 5.78 Å². The summed E-state index contributed by atoms with van der Waals surface area (Å²) in [6.07, 6.45) is 9.59. The molecule has 1 aliphatic heterocycles. The van der Waals surface area contributed by atoms with E-state index in [1.165, 1.54) is 30.4 Å². The van der Waals surface area contributed by atoms with Gasteiger partial charge in [-0.05, 0) is 48.2 Å². The Labute approximate surface area is 128 Å². The first-order valence-corrected chi connectivity index (χ1v) is 8.37. The van der Waals surface area contributed by atoms with Crippen LogP contribution >= 0.6 is 0 Å². The molecular weight excluding hydrogens is 260 g/mol. The number of allylic oxidation sites excluding steroid dienone is 2. The van der Waals surface area contributed by atoms with Crippen molar-refractivity contribution in [2.45, 2.75) is 59.8 Å². The molecule has 3 aliphatic rings. The normalized spacial score (nSPS) is 40.7. The Kier molecular flexibility index (Phi) is 3.54. The van der Waals surface area contributed by atoms with Gasteiger partial charge in [-0.2, -0.15) is 0 Å². The molecule has 2 fully saturated rings. The molecule has 3 rings (SSSR count). The van der Waals surface area contributed by atoms with Gasteiger partial charge in [-0.25, -0.2) is 0 Å². The predicted molar refractivity (Wildman–Crippen MR) is 84.8 cm³/mol. The number of hydrogen-bond acceptors (Lipinski definition) is 2. The van der Waals surface area contributed by atoms with E-state index in [4.69, 9.17) is 4.74 Å². The third-order valence-electron chi connectivity index (χ3n) is 5.85. The quantitative estimate of drug-likeness (QED) is 0.701. The van der Waals surface area contributed by atoms with Crippen molar-refractivity contribution < 1.29 is 9.53 Å². The van der Waals surface area contributed by atoms with Crippen LogP contribution in [0.4, 0.5) is 0 Å². The second-order valence-electron chi connectivity index (χ2n) is 8.30. The molecule has 0 aromatic heterocycles. The molecule has 0 saturated heterocycles. The van der Waals surface area contributed by atoms with Crippen LogP contribution in [0.5, 0.6) is 0 Å². The van der Waals surface area contributed by atoms with Crippen LogP contribution in [0.1, 0.15) is 59.8 Å². The highest BCUT2D eigenvalue weighted by Crippen LogP contribution is 2.55. The van der Waals surface area contributed by atoms with Gasteiger partial charge in [0.15, 0.2) is 0 Å². The van der Waals surface area contributed by atoms with Crippen molar-refractivity contribution in [1.82, 2.24) is 0 Å². The van der Waals surface area contributed by atoms with E-state index in [0.29, 0.717) is 30.1 Å². The van der Waals surface area contributed by atoms with E-state index in [2.05, 4.69) is 33.8 Å². The van der Waals surface area contributed by atoms with Gasteiger partial charge in [0.05, 0.1) is 12.9 Å². The van der Waals surface area contributed by atoms with Crippen LogP contribution < -0.4 is 0 Å². The van der Waals surface area contributed by atoms with Crippen molar-refractivity contribution in [3.8, 4) is 0 Å². The minimum absolute atomic E-state index is 0.0753. The Bertz CT molecular complexity index is 512. The molecule has 0 spiro atoms. The van der Waals surface area contributed by atoms with Gasteiger partial charge in [0.1, 0.15) is 5.78 Å². The minimum atomic E-state index is 0.0753. The van der Waals surface area contributed by atoms with E-state index in [9.17, 15) is 4.79 Å². The fourth-order valence-electron chi connectivity index (χ4n) is 5.20. The number of carbonyl (C=O) groups excluding carboxylic acids is 1. The standard InChI is InChI=1S/C19H28O2/c1-5-14-15-11-21-10-13(15)9-16(20)17(14)19(4)8-6-7-18(2,3)12-19/h5,11,13,17H,6-10,12H2,1-4H3/b14-5+/t13-,17+,19-/m0/s1. The Morgan fingerprint density at radius 2 is 2.05 bits per heavy atom. The van der Waals surface area contributed by atoms with E-state index < -0.39 is 0 Å². The molecule has 0 unspecified atom stereocenters. The molecule has 0 aromatic rings. The third-order valence-corrected chi connectivity index (χ3v) is 5.85. The van der Waals surface area contributed by atoms with E-state index >= 15 is 0 Å². The Morgan fingerprint density at radius 3 is 2.71 bits per heavy atom. The maximum absolute atomic E-state index is 12.9. The highest BCUT2D eigenvalue weighted by atomic mass is 16.5. The monoisotopic (exact) mass is 288 g/mol. The largest absolute Gasteiger partial charge is 0.500 e. The summed E-state index contributed by atoms with van der Waals surface area (Å²) in [5.41, 5.74) is 3.01. The summed E-state index contributed by atoms with van der Waals surface area (Å²) in [5.74, 6) is 0.822. The Hall–Kier alpha value is -1.05. The lowest BCUT2D eigenvalue weighted by Crippen LogP contribution is -2.44. The molecule has 3 atom stereocenters. The van der Waals surface area contributed by atoms with Gasteiger partial charge in [0, 0.05) is 18.3 Å². The highest BCUT2D eigenvalue weighted by Gasteiger charge is 2.50. The summed E-state index contributed by atoms with van der Waals surface area (Å²) in [5, 5.41) is 0. The van der Waals surface area contributed by atoms with Crippen LogP contribution in [-0.2, 0) is 9.53 Å². The van der Waals surface area contributed by atoms with E-state index in [1.807, 2.05) is 6.26 Å². The fraction of sp³-hybridized carbons (Fsp3) is 0.737. The summed E-state index contributed by atoms with van der Waals surface area (Å²) in [6.45, 7) is 9.82. The molecule has 2 aliphatic carbocycles. The molecular formula is C19H28O2. The molecule has 116 valence electrons. The second kappa shape index (κ2) is 5.00. The molecule has 2 heteroatoms. The van der Waals surface area contributed by atoms with Crippen LogP contribution in [0.2, 0.25) is 0 Å². The van der Waals surface area contributed by atoms with Gasteiger partial charge in [0.25, 0.3) is 0 Å². The van der Waals surface area contributed by atoms with Crippen LogP contribution in [0.3, 0.4) is 0 Å². The second-order valence-corrected chi connectivity index (χ2v) is 8.30. The Balaban J connectivity index is 1.97. The summed E-state index contributed by atoms with van der Waals surface area (Å²) in [7, 11) is 0. The maximum atomic E-state index is 12.9. The first kappa shape index (κ1) is 14.9. The summed E-state index contributed by atoms with van der Waals surface area (Å²) in [6, 6.07) is 0. The highest BCUT2D eigenvalue weighted by molar-refractivity contribution is 5.88. The summed E-state index contributed by atoms with van der Waals surface area (Å²) >= 11 is 0. The molecule has 1 heterocycles. The topological polar surface area (TPSA) is 26.3 Å². The zero-order valence-corrected chi connectivity index (χ0v) is 13.9. The number of ketones is 1. The molecule has 2 nitrogen and oxygen atoms in total. The molecule has 0 amide bonds. The van der Waals surface area contributed by atoms with E-state index in [0.717, 1.165) is 6.42 Å². The fourth-order valence-corrected chi connectivity index (χ4v) is 5.20. The van der Waals surface area contributed by atoms with Gasteiger partial charge < -0.3 is 4.74 Å². The number of Topliss-reactive ketones (excluding diaryl/α,β-unsaturated/α-hetero) is 1. The van der Waals surface area contributed by atoms with Crippen LogP contribution in [-0.4, -0.2) is 12.4 Å². The molecule has 0 bridgehead atoms. The molecule has 0 N–H and O–H groups in total. The van der Waals surface area contributed by atoms with Crippen LogP contribution in [0.15, 0.2) is 23.5 Å². The zero-order chi connectivity index (χ0) is 15.3.